The summed E-state index contributed by atoms with van der Waals surface area (Å²) in [6.07, 6.45) is 1.43. The van der Waals surface area contributed by atoms with Gasteiger partial charge in [0.25, 0.3) is 0 Å². The molecule has 1 heterocycles. The monoisotopic (exact) mass is 249 g/mol. The van der Waals surface area contributed by atoms with E-state index in [1.165, 1.54) is 4.90 Å². The van der Waals surface area contributed by atoms with Gasteiger partial charge in [0.05, 0.1) is 12.1 Å². The van der Waals surface area contributed by atoms with Gasteiger partial charge in [-0.15, -0.1) is 0 Å². The highest BCUT2D eigenvalue weighted by atomic mass is 16.4. The van der Waals surface area contributed by atoms with Crippen LogP contribution in [-0.2, 0) is 16.0 Å². The average Bonchev–Trinajstić information content (AvgIpc) is 2.35. The number of benzene rings is 1. The molecular formula is C13H15NO4. The lowest BCUT2D eigenvalue weighted by Gasteiger charge is -2.30. The molecule has 1 aliphatic rings. The van der Waals surface area contributed by atoms with Crippen molar-refractivity contribution >= 4 is 17.6 Å². The first-order chi connectivity index (χ1) is 8.59. The minimum atomic E-state index is -0.988. The molecule has 1 aliphatic heterocycles. The van der Waals surface area contributed by atoms with E-state index < -0.39 is 5.97 Å². The quantitative estimate of drug-likeness (QED) is 0.851. The number of phenols is 1. The molecule has 1 aromatic carbocycles. The van der Waals surface area contributed by atoms with E-state index in [1.807, 2.05) is 6.07 Å². The molecule has 0 atom stereocenters. The van der Waals surface area contributed by atoms with Gasteiger partial charge in [0, 0.05) is 13.0 Å². The van der Waals surface area contributed by atoms with Gasteiger partial charge in [-0.3, -0.25) is 9.59 Å². The lowest BCUT2D eigenvalue weighted by atomic mass is 10.0. The van der Waals surface area contributed by atoms with Gasteiger partial charge in [-0.25, -0.2) is 0 Å². The van der Waals surface area contributed by atoms with E-state index in [0.29, 0.717) is 12.2 Å². The Morgan fingerprint density at radius 3 is 2.78 bits per heavy atom. The van der Waals surface area contributed by atoms with Gasteiger partial charge in [-0.05, 0) is 24.5 Å². The summed E-state index contributed by atoms with van der Waals surface area (Å²) in [4.78, 5) is 23.9. The molecule has 0 saturated carbocycles. The highest BCUT2D eigenvalue weighted by Gasteiger charge is 2.25. The number of para-hydroxylation sites is 1. The summed E-state index contributed by atoms with van der Waals surface area (Å²) in [6, 6.07) is 5.17. The molecular weight excluding hydrogens is 234 g/mol. The minimum Gasteiger partial charge on any atom is -0.506 e. The van der Waals surface area contributed by atoms with Crippen molar-refractivity contribution in [2.75, 3.05) is 11.4 Å². The van der Waals surface area contributed by atoms with Crippen molar-refractivity contribution < 1.29 is 19.8 Å². The van der Waals surface area contributed by atoms with Crippen molar-refractivity contribution in [3.63, 3.8) is 0 Å². The SMILES string of the molecule is O=C(O)CCC(=O)N1CCCc2cccc(O)c21. The molecule has 1 aromatic rings. The second-order valence-electron chi connectivity index (χ2n) is 4.33. The Morgan fingerprint density at radius 1 is 1.28 bits per heavy atom. The smallest absolute Gasteiger partial charge is 0.303 e. The molecule has 0 aromatic heterocycles. The fourth-order valence-corrected chi connectivity index (χ4v) is 2.23. The number of carbonyl (C=O) groups excluding carboxylic acids is 1. The van der Waals surface area contributed by atoms with Crippen LogP contribution in [0.4, 0.5) is 5.69 Å². The van der Waals surface area contributed by atoms with Crippen molar-refractivity contribution in [1.29, 1.82) is 0 Å². The number of aryl methyl sites for hydroxylation is 1. The van der Waals surface area contributed by atoms with E-state index in [9.17, 15) is 14.7 Å². The van der Waals surface area contributed by atoms with Gasteiger partial charge >= 0.3 is 5.97 Å². The number of aliphatic carboxylic acids is 1. The van der Waals surface area contributed by atoms with Gasteiger partial charge in [-0.2, -0.15) is 0 Å². The summed E-state index contributed by atoms with van der Waals surface area (Å²) < 4.78 is 0. The van der Waals surface area contributed by atoms with E-state index in [-0.39, 0.29) is 24.5 Å². The summed E-state index contributed by atoms with van der Waals surface area (Å²) in [5.74, 6) is -1.16. The van der Waals surface area contributed by atoms with E-state index in [4.69, 9.17) is 5.11 Å². The van der Waals surface area contributed by atoms with Crippen molar-refractivity contribution in [3.05, 3.63) is 23.8 Å². The molecule has 0 bridgehead atoms. The Hall–Kier alpha value is -2.04. The summed E-state index contributed by atoms with van der Waals surface area (Å²) >= 11 is 0. The number of aromatic hydroxyl groups is 1. The largest absolute Gasteiger partial charge is 0.506 e. The highest BCUT2D eigenvalue weighted by molar-refractivity contribution is 5.97. The number of carboxylic acid groups (broad SMARTS) is 1. The standard InChI is InChI=1S/C13H15NO4/c15-10-5-1-3-9-4-2-8-14(13(9)10)11(16)6-7-12(17)18/h1,3,5,15H,2,4,6-8H2,(H,17,18). The molecule has 2 N–H and O–H groups in total. The zero-order valence-corrected chi connectivity index (χ0v) is 9.93. The third kappa shape index (κ3) is 2.45. The molecule has 1 amide bonds. The Balaban J connectivity index is 2.21. The van der Waals surface area contributed by atoms with Crippen LogP contribution < -0.4 is 4.90 Å². The predicted octanol–water partition coefficient (Wildman–Crippen LogP) is 1.54. The Morgan fingerprint density at radius 2 is 2.06 bits per heavy atom. The van der Waals surface area contributed by atoms with Gasteiger partial charge < -0.3 is 15.1 Å². The fraction of sp³-hybridized carbons (Fsp3) is 0.385. The number of nitrogens with zero attached hydrogens (tertiary/aromatic N) is 1. The number of amides is 1. The topological polar surface area (TPSA) is 77.8 Å². The number of phenolic OH excluding ortho intramolecular Hbond substituents is 1. The van der Waals surface area contributed by atoms with E-state index in [1.54, 1.807) is 12.1 Å². The van der Waals surface area contributed by atoms with Gasteiger partial charge in [0.1, 0.15) is 5.75 Å². The van der Waals surface area contributed by atoms with Crippen LogP contribution in [0.25, 0.3) is 0 Å². The van der Waals surface area contributed by atoms with Gasteiger partial charge in [-0.1, -0.05) is 12.1 Å². The molecule has 2 rings (SSSR count). The fourth-order valence-electron chi connectivity index (χ4n) is 2.23. The second-order valence-corrected chi connectivity index (χ2v) is 4.33. The lowest BCUT2D eigenvalue weighted by molar-refractivity contribution is -0.138. The first-order valence-electron chi connectivity index (χ1n) is 5.92. The normalized spacial score (nSPS) is 14.1. The Labute approximate surface area is 105 Å². The molecule has 0 unspecified atom stereocenters. The Kier molecular flexibility index (Phi) is 3.50. The summed E-state index contributed by atoms with van der Waals surface area (Å²) in [5, 5.41) is 18.4. The number of carbonyl (C=O) groups is 2. The van der Waals surface area contributed by atoms with E-state index in [2.05, 4.69) is 0 Å². The van der Waals surface area contributed by atoms with Gasteiger partial charge in [0.2, 0.25) is 5.91 Å². The van der Waals surface area contributed by atoms with Crippen molar-refractivity contribution in [1.82, 2.24) is 0 Å². The average molecular weight is 249 g/mol. The second kappa shape index (κ2) is 5.08. The molecule has 0 saturated heterocycles. The predicted molar refractivity (Wildman–Crippen MR) is 65.7 cm³/mol. The number of rotatable bonds is 3. The molecule has 0 fully saturated rings. The van der Waals surface area contributed by atoms with Crippen molar-refractivity contribution in [3.8, 4) is 5.75 Å². The number of hydrogen-bond donors (Lipinski definition) is 2. The van der Waals surface area contributed by atoms with Crippen molar-refractivity contribution in [2.24, 2.45) is 0 Å². The highest BCUT2D eigenvalue weighted by Crippen LogP contribution is 2.35. The maximum Gasteiger partial charge on any atom is 0.303 e. The van der Waals surface area contributed by atoms with Crippen LogP contribution in [0, 0.1) is 0 Å². The maximum absolute atomic E-state index is 12.0. The molecule has 96 valence electrons. The van der Waals surface area contributed by atoms with Crippen molar-refractivity contribution in [2.45, 2.75) is 25.7 Å². The van der Waals surface area contributed by atoms with Gasteiger partial charge in [0.15, 0.2) is 0 Å². The molecule has 5 nitrogen and oxygen atoms in total. The van der Waals surface area contributed by atoms with Crippen LogP contribution >= 0.6 is 0 Å². The van der Waals surface area contributed by atoms with Crippen LogP contribution in [0.15, 0.2) is 18.2 Å². The Bertz CT molecular complexity index is 484. The lowest BCUT2D eigenvalue weighted by Crippen LogP contribution is -2.35. The molecule has 18 heavy (non-hydrogen) atoms. The molecule has 0 radical (unpaired) electrons. The first-order valence-corrected chi connectivity index (χ1v) is 5.92. The van der Waals surface area contributed by atoms with E-state index in [0.717, 1.165) is 18.4 Å². The maximum atomic E-state index is 12.0. The zero-order chi connectivity index (χ0) is 13.1. The van der Waals surface area contributed by atoms with Crippen LogP contribution in [0.2, 0.25) is 0 Å². The molecule has 5 heteroatoms. The number of carboxylic acids is 1. The first kappa shape index (κ1) is 12.4. The molecule has 0 aliphatic carbocycles. The number of fused-ring (bicyclic) bond motifs is 1. The van der Waals surface area contributed by atoms with E-state index >= 15 is 0 Å². The van der Waals surface area contributed by atoms with Crippen LogP contribution in [0.3, 0.4) is 0 Å². The zero-order valence-electron chi connectivity index (χ0n) is 9.93. The van der Waals surface area contributed by atoms with Crippen LogP contribution in [0.1, 0.15) is 24.8 Å². The third-order valence-electron chi connectivity index (χ3n) is 3.05. The summed E-state index contributed by atoms with van der Waals surface area (Å²) in [7, 11) is 0. The summed E-state index contributed by atoms with van der Waals surface area (Å²) in [6.45, 7) is 0.531. The summed E-state index contributed by atoms with van der Waals surface area (Å²) in [5.41, 5.74) is 1.48. The number of anilines is 1. The number of hydrogen-bond acceptors (Lipinski definition) is 3. The van der Waals surface area contributed by atoms with Crippen LogP contribution in [-0.4, -0.2) is 28.6 Å². The minimum absolute atomic E-state index is 0.0386. The third-order valence-corrected chi connectivity index (χ3v) is 3.05. The molecule has 0 spiro atoms. The van der Waals surface area contributed by atoms with Crippen LogP contribution in [0.5, 0.6) is 5.75 Å².